The van der Waals surface area contributed by atoms with E-state index >= 15 is 0 Å². The Kier molecular flexibility index (Phi) is 3.20. The average Bonchev–Trinajstić information content (AvgIpc) is 2.95. The molecule has 0 aliphatic rings. The fraction of sp³-hybridized carbons (Fsp3) is 0.200. The van der Waals surface area contributed by atoms with Crippen LogP contribution in [0.15, 0.2) is 44.3 Å². The van der Waals surface area contributed by atoms with Gasteiger partial charge in [0.25, 0.3) is 5.56 Å². The van der Waals surface area contributed by atoms with Gasteiger partial charge >= 0.3 is 11.9 Å². The van der Waals surface area contributed by atoms with E-state index in [1.807, 2.05) is 0 Å². The minimum absolute atomic E-state index is 0.0768. The number of aryl methyl sites for hydroxylation is 1. The Morgan fingerprint density at radius 2 is 1.61 bits per heavy atom. The third kappa shape index (κ3) is 2.36. The molecule has 23 heavy (non-hydrogen) atoms. The van der Waals surface area contributed by atoms with Gasteiger partial charge in [-0.2, -0.15) is 13.2 Å². The van der Waals surface area contributed by atoms with Crippen LogP contribution in [-0.4, -0.2) is 9.13 Å². The Hall–Kier alpha value is -2.77. The van der Waals surface area contributed by atoms with Crippen molar-refractivity contribution in [2.75, 3.05) is 0 Å². The summed E-state index contributed by atoms with van der Waals surface area (Å²) in [6.07, 6.45) is -4.42. The molecule has 0 bridgehead atoms. The van der Waals surface area contributed by atoms with Gasteiger partial charge in [-0.3, -0.25) is 13.9 Å². The zero-order chi connectivity index (χ0) is 16.9. The lowest BCUT2D eigenvalue weighted by Gasteiger charge is -2.06. The zero-order valence-electron chi connectivity index (χ0n) is 12.1. The van der Waals surface area contributed by atoms with E-state index in [9.17, 15) is 22.8 Å². The number of hydrogen-bond acceptors (Lipinski definition) is 3. The van der Waals surface area contributed by atoms with E-state index < -0.39 is 23.0 Å². The Bertz CT molecular complexity index is 1010. The normalized spacial score (nSPS) is 12.0. The van der Waals surface area contributed by atoms with Crippen molar-refractivity contribution in [1.29, 1.82) is 0 Å². The summed E-state index contributed by atoms with van der Waals surface area (Å²) in [6.45, 7) is 0. The molecule has 0 amide bonds. The highest BCUT2D eigenvalue weighted by atomic mass is 19.4. The molecule has 0 atom stereocenters. The SMILES string of the molecule is Cn1c(=O)c2cc(-c3ccc(C(F)(F)F)cc3)oc2n(C)c1=O. The van der Waals surface area contributed by atoms with Crippen LogP contribution in [0.3, 0.4) is 0 Å². The number of rotatable bonds is 1. The molecule has 0 fully saturated rings. The number of nitrogens with zero attached hydrogens (tertiary/aromatic N) is 2. The maximum Gasteiger partial charge on any atom is 0.416 e. The van der Waals surface area contributed by atoms with E-state index in [1.54, 1.807) is 0 Å². The first-order chi connectivity index (χ1) is 10.7. The van der Waals surface area contributed by atoms with Gasteiger partial charge in [-0.25, -0.2) is 4.79 Å². The molecule has 3 rings (SSSR count). The van der Waals surface area contributed by atoms with Crippen LogP contribution < -0.4 is 11.2 Å². The number of benzene rings is 1. The molecule has 0 spiro atoms. The molecule has 0 aliphatic heterocycles. The molecular weight excluding hydrogens is 313 g/mol. The van der Waals surface area contributed by atoms with E-state index in [1.165, 1.54) is 36.9 Å². The van der Waals surface area contributed by atoms with E-state index in [0.717, 1.165) is 16.7 Å². The summed E-state index contributed by atoms with van der Waals surface area (Å²) in [6, 6.07) is 5.78. The van der Waals surface area contributed by atoms with Gasteiger partial charge in [0.2, 0.25) is 5.71 Å². The fourth-order valence-electron chi connectivity index (χ4n) is 2.33. The first kappa shape index (κ1) is 15.1. The topological polar surface area (TPSA) is 57.1 Å². The zero-order valence-corrected chi connectivity index (χ0v) is 12.1. The highest BCUT2D eigenvalue weighted by molar-refractivity contribution is 5.79. The quantitative estimate of drug-likeness (QED) is 0.691. The van der Waals surface area contributed by atoms with Crippen molar-refractivity contribution in [1.82, 2.24) is 9.13 Å². The minimum Gasteiger partial charge on any atom is -0.439 e. The van der Waals surface area contributed by atoms with Crippen molar-refractivity contribution in [2.45, 2.75) is 6.18 Å². The van der Waals surface area contributed by atoms with Crippen LogP contribution in [0.1, 0.15) is 5.56 Å². The highest BCUT2D eigenvalue weighted by Gasteiger charge is 2.30. The Morgan fingerprint density at radius 3 is 2.17 bits per heavy atom. The second kappa shape index (κ2) is 4.87. The standard InChI is InChI=1S/C15H11F3N2O3/c1-19-12(21)10-7-11(23-13(10)20(2)14(19)22)8-3-5-9(6-4-8)15(16,17)18/h3-7H,1-2H3. The molecule has 120 valence electrons. The molecule has 8 heteroatoms. The van der Waals surface area contributed by atoms with Crippen LogP contribution in [0.4, 0.5) is 13.2 Å². The largest absolute Gasteiger partial charge is 0.439 e. The molecule has 2 aromatic heterocycles. The first-order valence-corrected chi connectivity index (χ1v) is 6.57. The van der Waals surface area contributed by atoms with E-state index in [0.29, 0.717) is 5.56 Å². The van der Waals surface area contributed by atoms with Crippen molar-refractivity contribution in [3.63, 3.8) is 0 Å². The third-order valence-electron chi connectivity index (χ3n) is 3.62. The molecule has 2 heterocycles. The van der Waals surface area contributed by atoms with Gasteiger partial charge in [0.15, 0.2) is 0 Å². The summed E-state index contributed by atoms with van der Waals surface area (Å²) in [5.74, 6) is 0.215. The van der Waals surface area contributed by atoms with Crippen molar-refractivity contribution in [3.05, 3.63) is 56.7 Å². The molecule has 1 aromatic carbocycles. The van der Waals surface area contributed by atoms with E-state index in [-0.39, 0.29) is 16.9 Å². The molecule has 0 N–H and O–H groups in total. The maximum atomic E-state index is 12.6. The number of fused-ring (bicyclic) bond motifs is 1. The molecular formula is C15H11F3N2O3. The number of halogens is 3. The second-order valence-electron chi connectivity index (χ2n) is 5.11. The molecule has 0 radical (unpaired) electrons. The summed E-state index contributed by atoms with van der Waals surface area (Å²) in [5.41, 5.74) is -1.39. The molecule has 3 aromatic rings. The lowest BCUT2D eigenvalue weighted by atomic mass is 10.1. The van der Waals surface area contributed by atoms with Crippen molar-refractivity contribution < 1.29 is 17.6 Å². The molecule has 0 unspecified atom stereocenters. The number of furan rings is 1. The van der Waals surface area contributed by atoms with Crippen molar-refractivity contribution in [2.24, 2.45) is 14.1 Å². The number of aromatic nitrogens is 2. The predicted molar refractivity (Wildman–Crippen MR) is 77.1 cm³/mol. The smallest absolute Gasteiger partial charge is 0.416 e. The second-order valence-corrected chi connectivity index (χ2v) is 5.11. The Balaban J connectivity index is 2.19. The highest BCUT2D eigenvalue weighted by Crippen LogP contribution is 2.32. The van der Waals surface area contributed by atoms with Crippen LogP contribution in [0.5, 0.6) is 0 Å². The van der Waals surface area contributed by atoms with Crippen LogP contribution in [0.25, 0.3) is 22.4 Å². The summed E-state index contributed by atoms with van der Waals surface area (Å²) >= 11 is 0. The number of hydrogen-bond donors (Lipinski definition) is 0. The van der Waals surface area contributed by atoms with Crippen LogP contribution in [-0.2, 0) is 20.3 Å². The van der Waals surface area contributed by atoms with Crippen LogP contribution in [0.2, 0.25) is 0 Å². The third-order valence-corrected chi connectivity index (χ3v) is 3.62. The summed E-state index contributed by atoms with van der Waals surface area (Å²) in [5, 5.41) is 0.185. The monoisotopic (exact) mass is 324 g/mol. The van der Waals surface area contributed by atoms with Gasteiger partial charge in [0.1, 0.15) is 11.1 Å². The van der Waals surface area contributed by atoms with Gasteiger partial charge in [-0.1, -0.05) is 12.1 Å². The average molecular weight is 324 g/mol. The van der Waals surface area contributed by atoms with Gasteiger partial charge in [-0.05, 0) is 18.2 Å². The summed E-state index contributed by atoms with van der Waals surface area (Å²) in [4.78, 5) is 23.9. The minimum atomic E-state index is -4.42. The summed E-state index contributed by atoms with van der Waals surface area (Å²) in [7, 11) is 2.79. The lowest BCUT2D eigenvalue weighted by Crippen LogP contribution is -2.36. The molecule has 0 aliphatic carbocycles. The van der Waals surface area contributed by atoms with Crippen LogP contribution in [0, 0.1) is 0 Å². The van der Waals surface area contributed by atoms with E-state index in [4.69, 9.17) is 4.42 Å². The van der Waals surface area contributed by atoms with Gasteiger partial charge < -0.3 is 4.42 Å². The van der Waals surface area contributed by atoms with Crippen molar-refractivity contribution >= 4 is 11.1 Å². The van der Waals surface area contributed by atoms with E-state index in [2.05, 4.69) is 0 Å². The Labute approximate surface area is 127 Å². The predicted octanol–water partition coefficient (Wildman–Crippen LogP) is 2.52. The molecule has 5 nitrogen and oxygen atoms in total. The van der Waals surface area contributed by atoms with Gasteiger partial charge in [0, 0.05) is 19.7 Å². The molecule has 0 saturated heterocycles. The number of alkyl halides is 3. The lowest BCUT2D eigenvalue weighted by molar-refractivity contribution is -0.137. The maximum absolute atomic E-state index is 12.6. The van der Waals surface area contributed by atoms with Crippen LogP contribution >= 0.6 is 0 Å². The van der Waals surface area contributed by atoms with Gasteiger partial charge in [-0.15, -0.1) is 0 Å². The van der Waals surface area contributed by atoms with Gasteiger partial charge in [0.05, 0.1) is 5.56 Å². The Morgan fingerprint density at radius 1 is 1.00 bits per heavy atom. The first-order valence-electron chi connectivity index (χ1n) is 6.57. The van der Waals surface area contributed by atoms with Crippen molar-refractivity contribution in [3.8, 4) is 11.3 Å². The fourth-order valence-corrected chi connectivity index (χ4v) is 2.33. The summed E-state index contributed by atoms with van der Waals surface area (Å²) < 4.78 is 45.3. The molecule has 0 saturated carbocycles.